The molecular weight excluding hydrogens is 695 g/mol. The van der Waals surface area contributed by atoms with Gasteiger partial charge in [0.15, 0.2) is 0 Å². The zero-order valence-corrected chi connectivity index (χ0v) is 32.1. The van der Waals surface area contributed by atoms with Gasteiger partial charge in [0.2, 0.25) is 0 Å². The van der Waals surface area contributed by atoms with Crippen LogP contribution in [-0.4, -0.2) is 39.6 Å². The SMILES string of the molecule is CCC[O][Hf]([CH2]C(C)(C)c1ccccc1)([CH2]C(C)(C)c1ccccc1)([O]CC)([O]CC)([O]CC)([O]CCC)[O]CCC. The first-order chi connectivity index (χ1) is 19.7. The van der Waals surface area contributed by atoms with Gasteiger partial charge in [-0.05, 0) is 0 Å². The maximum atomic E-state index is 7.64. The van der Waals surface area contributed by atoms with E-state index in [1.165, 1.54) is 0 Å². The van der Waals surface area contributed by atoms with Gasteiger partial charge in [-0.25, -0.2) is 0 Å². The fourth-order valence-electron chi connectivity index (χ4n) is 8.93. The van der Waals surface area contributed by atoms with E-state index in [1.54, 1.807) is 0 Å². The third kappa shape index (κ3) is 5.89. The number of benzene rings is 2. The fraction of sp³-hybridized carbons (Fsp3) is 0.657. The Morgan fingerprint density at radius 1 is 0.452 bits per heavy atom. The molecule has 0 aliphatic carbocycles. The molecule has 0 aliphatic heterocycles. The molecule has 0 aliphatic rings. The molecule has 2 rings (SSSR count). The monoisotopic (exact) mass is 758 g/mol. The van der Waals surface area contributed by atoms with Crippen LogP contribution in [0.4, 0.5) is 0 Å². The molecule has 0 spiro atoms. The molecule has 0 heterocycles. The second-order valence-electron chi connectivity index (χ2n) is 13.9. The van der Waals surface area contributed by atoms with Gasteiger partial charge in [-0.2, -0.15) is 0 Å². The van der Waals surface area contributed by atoms with Crippen LogP contribution in [0.15, 0.2) is 60.7 Å². The molecule has 6 nitrogen and oxygen atoms in total. The van der Waals surface area contributed by atoms with E-state index < -0.39 is 27.5 Å². The summed E-state index contributed by atoms with van der Waals surface area (Å²) >= 11 is -8.59. The third-order valence-corrected chi connectivity index (χ3v) is 50.6. The number of hydrogen-bond donors (Lipinski definition) is 0. The van der Waals surface area contributed by atoms with Crippen molar-refractivity contribution in [3.63, 3.8) is 0 Å². The van der Waals surface area contributed by atoms with Gasteiger partial charge in [0.1, 0.15) is 0 Å². The Hall–Kier alpha value is -0.930. The standard InChI is InChI=1S/2C10H13.3C3H7O.3C2H5O.Hf/c2*1-10(2,3)9-7-5-4-6-8-9;3*1-2-3-4;3*1-2-3;/h2*4-8H,1H2,2-3H3;3*2-3H2,1H3;3*2H2,1H3;/q;;6*-1;+6. The van der Waals surface area contributed by atoms with Crippen LogP contribution in [0.25, 0.3) is 0 Å². The first-order valence-electron chi connectivity index (χ1n) is 16.4. The van der Waals surface area contributed by atoms with Gasteiger partial charge in [0, 0.05) is 0 Å². The quantitative estimate of drug-likeness (QED) is 0.118. The van der Waals surface area contributed by atoms with Crippen LogP contribution in [0.1, 0.15) is 99.6 Å². The molecule has 7 heteroatoms. The molecule has 0 aromatic heterocycles. The van der Waals surface area contributed by atoms with Gasteiger partial charge in [-0.1, -0.05) is 0 Å². The molecule has 0 N–H and O–H groups in total. The van der Waals surface area contributed by atoms with E-state index in [2.05, 4.69) is 97.0 Å². The summed E-state index contributed by atoms with van der Waals surface area (Å²) in [5.41, 5.74) is 0.926. The van der Waals surface area contributed by atoms with Crippen LogP contribution >= 0.6 is 0 Å². The summed E-state index contributed by atoms with van der Waals surface area (Å²) in [6.45, 7) is 22.4. The van der Waals surface area contributed by atoms with Gasteiger partial charge < -0.3 is 0 Å². The van der Waals surface area contributed by atoms with Crippen molar-refractivity contribution in [1.29, 1.82) is 0 Å². The zero-order valence-electron chi connectivity index (χ0n) is 28.5. The van der Waals surface area contributed by atoms with Crippen molar-refractivity contribution in [3.05, 3.63) is 71.8 Å². The predicted molar refractivity (Wildman–Crippen MR) is 172 cm³/mol. The molecule has 0 saturated carbocycles. The minimum absolute atomic E-state index is 0.124. The van der Waals surface area contributed by atoms with Gasteiger partial charge in [-0.15, -0.1) is 0 Å². The van der Waals surface area contributed by atoms with Crippen LogP contribution in [0.5, 0.6) is 0 Å². The molecule has 0 atom stereocenters. The Balaban J connectivity index is 3.45. The first kappa shape index (κ1) is 37.3. The van der Waals surface area contributed by atoms with Gasteiger partial charge in [0.25, 0.3) is 0 Å². The summed E-state index contributed by atoms with van der Waals surface area (Å²) in [5.74, 6) is 0. The van der Waals surface area contributed by atoms with Crippen molar-refractivity contribution in [2.24, 2.45) is 0 Å². The van der Waals surface area contributed by atoms with Crippen molar-refractivity contribution in [1.82, 2.24) is 0 Å². The van der Waals surface area contributed by atoms with Crippen molar-refractivity contribution in [3.8, 4) is 0 Å². The molecule has 0 saturated heterocycles. The normalized spacial score (nSPS) is 16.7. The summed E-state index contributed by atoms with van der Waals surface area (Å²) in [4.78, 5) is 0. The predicted octanol–water partition coefficient (Wildman–Crippen LogP) is 9.95. The van der Waals surface area contributed by atoms with Crippen LogP contribution < -0.4 is 0 Å². The summed E-state index contributed by atoms with van der Waals surface area (Å²) in [7, 11) is 0. The molecule has 242 valence electrons. The molecule has 0 fully saturated rings. The Morgan fingerprint density at radius 2 is 0.738 bits per heavy atom. The van der Waals surface area contributed by atoms with E-state index >= 15 is 0 Å². The minimum atomic E-state index is -8.59. The average Bonchev–Trinajstić information content (AvgIpc) is 2.96. The summed E-state index contributed by atoms with van der Waals surface area (Å²) in [5, 5.41) is 0. The molecule has 42 heavy (non-hydrogen) atoms. The van der Waals surface area contributed by atoms with Crippen molar-refractivity contribution in [2.75, 3.05) is 39.6 Å². The van der Waals surface area contributed by atoms with Crippen molar-refractivity contribution in [2.45, 2.75) is 108 Å². The Kier molecular flexibility index (Phi) is 10.4. The van der Waals surface area contributed by atoms with E-state index in [4.69, 9.17) is 17.1 Å². The zero-order chi connectivity index (χ0) is 31.6. The van der Waals surface area contributed by atoms with Gasteiger partial charge in [0.05, 0.1) is 0 Å². The van der Waals surface area contributed by atoms with Crippen LogP contribution in [0.2, 0.25) is 8.35 Å². The van der Waals surface area contributed by atoms with E-state index in [-0.39, 0.29) is 48.0 Å². The fourth-order valence-corrected chi connectivity index (χ4v) is 60.3. The van der Waals surface area contributed by atoms with Gasteiger partial charge >= 0.3 is 253 Å². The maximum absolute atomic E-state index is 8.59. The first-order valence-corrected chi connectivity index (χ1v) is 30.3. The van der Waals surface area contributed by atoms with Crippen molar-refractivity contribution < 1.29 is 33.8 Å². The summed E-state index contributed by atoms with van der Waals surface area (Å²) in [6.07, 6.45) is 2.07. The average molecular weight is 757 g/mol. The van der Waals surface area contributed by atoms with Crippen LogP contribution in [-0.2, 0) is 44.7 Å². The van der Waals surface area contributed by atoms with Gasteiger partial charge in [-0.3, -0.25) is 0 Å². The molecule has 2 aromatic carbocycles. The van der Waals surface area contributed by atoms with Crippen LogP contribution in [0, 0.1) is 0 Å². The van der Waals surface area contributed by atoms with E-state index in [0.717, 1.165) is 11.1 Å². The second-order valence-corrected chi connectivity index (χ2v) is 45.9. The Labute approximate surface area is 251 Å². The molecule has 0 bridgehead atoms. The van der Waals surface area contributed by atoms with E-state index in [9.17, 15) is 0 Å². The summed E-state index contributed by atoms with van der Waals surface area (Å²) < 4.78 is 45.8. The molecule has 0 amide bonds. The second kappa shape index (κ2) is 11.8. The molecular formula is C35H62HfO6. The van der Waals surface area contributed by atoms with Crippen LogP contribution in [0.3, 0.4) is 0 Å². The molecule has 0 unspecified atom stereocenters. The summed E-state index contributed by atoms with van der Waals surface area (Å²) in [6, 6.07) is 20.9. The molecule has 2 aromatic rings. The number of hydrogen-bond acceptors (Lipinski definition) is 6. The Morgan fingerprint density at radius 3 is 0.976 bits per heavy atom. The van der Waals surface area contributed by atoms with E-state index in [0.29, 0.717) is 19.3 Å². The number of rotatable bonds is 21. The van der Waals surface area contributed by atoms with E-state index in [1.807, 2.05) is 32.9 Å². The molecule has 0 radical (unpaired) electrons. The van der Waals surface area contributed by atoms with Crippen molar-refractivity contribution >= 4 is 0 Å². The third-order valence-electron chi connectivity index (χ3n) is 9.45. The topological polar surface area (TPSA) is 55.4 Å². The Bertz CT molecular complexity index is 1060.